The highest BCUT2D eigenvalue weighted by atomic mass is 16.2. The zero-order valence-corrected chi connectivity index (χ0v) is 11.1. The number of nitrogens with two attached hydrogens (primary N) is 1. The lowest BCUT2D eigenvalue weighted by molar-refractivity contribution is -0.135. The second kappa shape index (κ2) is 5.67. The smallest absolute Gasteiger partial charge is 0.239 e. The minimum atomic E-state index is -0.324. The van der Waals surface area contributed by atoms with E-state index in [4.69, 9.17) is 5.73 Å². The summed E-state index contributed by atoms with van der Waals surface area (Å²) in [4.78, 5) is 14.0. The van der Waals surface area contributed by atoms with Crippen LogP contribution < -0.4 is 5.73 Å². The highest BCUT2D eigenvalue weighted by Gasteiger charge is 2.28. The summed E-state index contributed by atoms with van der Waals surface area (Å²) in [5.41, 5.74) is 5.89. The summed E-state index contributed by atoms with van der Waals surface area (Å²) in [6.07, 6.45) is 2.27. The standard InChI is InChI=1S/C13H26N2O/c1-9(2)11-5-7-15(8-6-11)13(16)12(14)10(3)4/h9-12H,5-8,14H2,1-4H3/t12-/m0/s1. The lowest BCUT2D eigenvalue weighted by Crippen LogP contribution is -2.49. The van der Waals surface area contributed by atoms with E-state index in [9.17, 15) is 4.79 Å². The molecule has 1 fully saturated rings. The van der Waals surface area contributed by atoms with E-state index < -0.39 is 0 Å². The monoisotopic (exact) mass is 226 g/mol. The normalized spacial score (nSPS) is 20.6. The van der Waals surface area contributed by atoms with E-state index in [0.717, 1.165) is 37.8 Å². The van der Waals surface area contributed by atoms with Gasteiger partial charge in [-0.05, 0) is 30.6 Å². The SMILES string of the molecule is CC(C)C1CCN(C(=O)[C@@H](N)C(C)C)CC1. The van der Waals surface area contributed by atoms with E-state index in [1.54, 1.807) is 0 Å². The molecule has 0 bridgehead atoms. The van der Waals surface area contributed by atoms with E-state index in [0.29, 0.717) is 0 Å². The zero-order valence-electron chi connectivity index (χ0n) is 11.1. The maximum Gasteiger partial charge on any atom is 0.239 e. The van der Waals surface area contributed by atoms with Crippen LogP contribution in [0.25, 0.3) is 0 Å². The van der Waals surface area contributed by atoms with Crippen molar-refractivity contribution in [3.63, 3.8) is 0 Å². The Kier molecular flexibility index (Phi) is 4.78. The van der Waals surface area contributed by atoms with Crippen molar-refractivity contribution in [3.8, 4) is 0 Å². The first-order valence-corrected chi connectivity index (χ1v) is 6.47. The van der Waals surface area contributed by atoms with Gasteiger partial charge in [0.1, 0.15) is 0 Å². The second-order valence-corrected chi connectivity index (χ2v) is 5.68. The minimum absolute atomic E-state index is 0.136. The average Bonchev–Trinajstić information content (AvgIpc) is 2.27. The third-order valence-electron chi connectivity index (χ3n) is 3.80. The van der Waals surface area contributed by atoms with Gasteiger partial charge in [0.05, 0.1) is 6.04 Å². The van der Waals surface area contributed by atoms with Crippen molar-refractivity contribution in [1.82, 2.24) is 4.90 Å². The molecule has 1 aliphatic rings. The fraction of sp³-hybridized carbons (Fsp3) is 0.923. The van der Waals surface area contributed by atoms with Crippen LogP contribution in [-0.2, 0) is 4.79 Å². The average molecular weight is 226 g/mol. The zero-order chi connectivity index (χ0) is 12.3. The summed E-state index contributed by atoms with van der Waals surface area (Å²) in [5, 5.41) is 0. The van der Waals surface area contributed by atoms with Gasteiger partial charge in [-0.1, -0.05) is 27.7 Å². The van der Waals surface area contributed by atoms with Gasteiger partial charge in [0.2, 0.25) is 5.91 Å². The van der Waals surface area contributed by atoms with Crippen LogP contribution in [0.1, 0.15) is 40.5 Å². The topological polar surface area (TPSA) is 46.3 Å². The quantitative estimate of drug-likeness (QED) is 0.798. The van der Waals surface area contributed by atoms with Crippen LogP contribution in [0, 0.1) is 17.8 Å². The second-order valence-electron chi connectivity index (χ2n) is 5.68. The van der Waals surface area contributed by atoms with Gasteiger partial charge in [-0.2, -0.15) is 0 Å². The van der Waals surface area contributed by atoms with Crippen LogP contribution in [0.5, 0.6) is 0 Å². The van der Waals surface area contributed by atoms with Gasteiger partial charge in [0.25, 0.3) is 0 Å². The van der Waals surface area contributed by atoms with Gasteiger partial charge in [0, 0.05) is 13.1 Å². The molecule has 2 N–H and O–H groups in total. The first-order chi connectivity index (χ1) is 7.43. The maximum absolute atomic E-state index is 12.0. The van der Waals surface area contributed by atoms with Crippen molar-refractivity contribution in [1.29, 1.82) is 0 Å². The Morgan fingerprint density at radius 3 is 2.06 bits per heavy atom. The van der Waals surface area contributed by atoms with E-state index in [2.05, 4.69) is 13.8 Å². The Bertz CT molecular complexity index is 230. The van der Waals surface area contributed by atoms with Gasteiger partial charge >= 0.3 is 0 Å². The fourth-order valence-corrected chi connectivity index (χ4v) is 2.28. The van der Waals surface area contributed by atoms with E-state index >= 15 is 0 Å². The summed E-state index contributed by atoms with van der Waals surface area (Å²) in [6, 6.07) is -0.324. The van der Waals surface area contributed by atoms with Gasteiger partial charge in [0.15, 0.2) is 0 Å². The van der Waals surface area contributed by atoms with Crippen LogP contribution in [-0.4, -0.2) is 29.9 Å². The van der Waals surface area contributed by atoms with Crippen LogP contribution in [0.4, 0.5) is 0 Å². The van der Waals surface area contributed by atoms with E-state index in [1.165, 1.54) is 0 Å². The molecule has 0 saturated carbocycles. The molecule has 1 atom stereocenters. The van der Waals surface area contributed by atoms with Crippen molar-refractivity contribution in [2.75, 3.05) is 13.1 Å². The van der Waals surface area contributed by atoms with Crippen molar-refractivity contribution >= 4 is 5.91 Å². The highest BCUT2D eigenvalue weighted by Crippen LogP contribution is 2.24. The van der Waals surface area contributed by atoms with Crippen molar-refractivity contribution in [2.24, 2.45) is 23.5 Å². The lowest BCUT2D eigenvalue weighted by Gasteiger charge is -2.35. The summed E-state index contributed by atoms with van der Waals surface area (Å²) in [7, 11) is 0. The van der Waals surface area contributed by atoms with Crippen LogP contribution >= 0.6 is 0 Å². The molecule has 0 aromatic rings. The number of piperidine rings is 1. The molecule has 1 saturated heterocycles. The Morgan fingerprint density at radius 2 is 1.69 bits per heavy atom. The van der Waals surface area contributed by atoms with Crippen molar-refractivity contribution in [3.05, 3.63) is 0 Å². The molecular formula is C13H26N2O. The molecule has 3 heteroatoms. The third-order valence-corrected chi connectivity index (χ3v) is 3.80. The van der Waals surface area contributed by atoms with Gasteiger partial charge in [-0.25, -0.2) is 0 Å². The first kappa shape index (κ1) is 13.5. The number of carbonyl (C=O) groups is 1. The van der Waals surface area contributed by atoms with Gasteiger partial charge in [-0.3, -0.25) is 4.79 Å². The molecule has 3 nitrogen and oxygen atoms in total. The molecule has 16 heavy (non-hydrogen) atoms. The predicted molar refractivity (Wildman–Crippen MR) is 67.0 cm³/mol. The molecule has 0 radical (unpaired) electrons. The number of hydrogen-bond acceptors (Lipinski definition) is 2. The van der Waals surface area contributed by atoms with Gasteiger partial charge < -0.3 is 10.6 Å². The molecule has 1 heterocycles. The summed E-state index contributed by atoms with van der Waals surface area (Å²) in [5.74, 6) is 1.88. The molecule has 1 rings (SSSR count). The van der Waals surface area contributed by atoms with Crippen LogP contribution in [0.15, 0.2) is 0 Å². The Morgan fingerprint density at radius 1 is 1.19 bits per heavy atom. The maximum atomic E-state index is 12.0. The Labute approximate surface area is 99.4 Å². The third kappa shape index (κ3) is 3.21. The molecule has 1 aliphatic heterocycles. The predicted octanol–water partition coefficient (Wildman–Crippen LogP) is 1.86. The molecule has 0 spiro atoms. The number of carbonyl (C=O) groups excluding carboxylic acids is 1. The molecule has 0 aliphatic carbocycles. The number of hydrogen-bond donors (Lipinski definition) is 1. The molecule has 0 aromatic carbocycles. The van der Waals surface area contributed by atoms with Crippen LogP contribution in [0.2, 0.25) is 0 Å². The minimum Gasteiger partial charge on any atom is -0.341 e. The Balaban J connectivity index is 2.45. The summed E-state index contributed by atoms with van der Waals surface area (Å²) >= 11 is 0. The molecule has 0 unspecified atom stereocenters. The van der Waals surface area contributed by atoms with Crippen LogP contribution in [0.3, 0.4) is 0 Å². The van der Waals surface area contributed by atoms with Gasteiger partial charge in [-0.15, -0.1) is 0 Å². The summed E-state index contributed by atoms with van der Waals surface area (Å²) in [6.45, 7) is 10.3. The molecule has 0 aromatic heterocycles. The Hall–Kier alpha value is -0.570. The fourth-order valence-electron chi connectivity index (χ4n) is 2.28. The van der Waals surface area contributed by atoms with Crippen molar-refractivity contribution in [2.45, 2.75) is 46.6 Å². The lowest BCUT2D eigenvalue weighted by atomic mass is 9.86. The molecular weight excluding hydrogens is 200 g/mol. The molecule has 94 valence electrons. The number of nitrogens with zero attached hydrogens (tertiary/aromatic N) is 1. The first-order valence-electron chi connectivity index (χ1n) is 6.47. The number of amides is 1. The van der Waals surface area contributed by atoms with Crippen molar-refractivity contribution < 1.29 is 4.79 Å². The van der Waals surface area contributed by atoms with E-state index in [1.807, 2.05) is 18.7 Å². The number of rotatable bonds is 3. The summed E-state index contributed by atoms with van der Waals surface area (Å²) < 4.78 is 0. The van der Waals surface area contributed by atoms with E-state index in [-0.39, 0.29) is 17.9 Å². The number of likely N-dealkylation sites (tertiary alicyclic amines) is 1. The highest BCUT2D eigenvalue weighted by molar-refractivity contribution is 5.82. The molecule has 1 amide bonds. The largest absolute Gasteiger partial charge is 0.341 e.